The van der Waals surface area contributed by atoms with Crippen molar-refractivity contribution >= 4 is 39.1 Å². The zero-order chi connectivity index (χ0) is 15.2. The maximum Gasteiger partial charge on any atom is 0.257 e. The smallest absolute Gasteiger partial charge is 0.257 e. The van der Waals surface area contributed by atoms with E-state index in [0.29, 0.717) is 35.2 Å². The second-order valence-corrected chi connectivity index (χ2v) is 5.57. The zero-order valence-corrected chi connectivity index (χ0v) is 13.4. The van der Waals surface area contributed by atoms with Crippen LogP contribution < -0.4 is 15.8 Å². The SMILES string of the molecule is NCCOc1cccc(NC(=O)c2cc(Br)ccc2Cl)c1. The molecule has 2 aromatic rings. The highest BCUT2D eigenvalue weighted by Crippen LogP contribution is 2.23. The Morgan fingerprint density at radius 1 is 1.29 bits per heavy atom. The number of nitrogens with two attached hydrogens (primary N) is 1. The summed E-state index contributed by atoms with van der Waals surface area (Å²) in [7, 11) is 0. The number of hydrogen-bond acceptors (Lipinski definition) is 3. The van der Waals surface area contributed by atoms with Gasteiger partial charge in [0.25, 0.3) is 5.91 Å². The average Bonchev–Trinajstić information content (AvgIpc) is 2.48. The Morgan fingerprint density at radius 3 is 2.86 bits per heavy atom. The molecule has 2 rings (SSSR count). The fourth-order valence-corrected chi connectivity index (χ4v) is 2.27. The van der Waals surface area contributed by atoms with Gasteiger partial charge in [-0.05, 0) is 30.3 Å². The van der Waals surface area contributed by atoms with E-state index in [9.17, 15) is 4.79 Å². The van der Waals surface area contributed by atoms with Gasteiger partial charge in [-0.1, -0.05) is 33.6 Å². The van der Waals surface area contributed by atoms with E-state index < -0.39 is 0 Å². The van der Waals surface area contributed by atoms with E-state index in [4.69, 9.17) is 22.1 Å². The van der Waals surface area contributed by atoms with Gasteiger partial charge in [0.15, 0.2) is 0 Å². The molecule has 0 aliphatic carbocycles. The maximum absolute atomic E-state index is 12.2. The van der Waals surface area contributed by atoms with Crippen LogP contribution in [0, 0.1) is 0 Å². The molecule has 0 bridgehead atoms. The van der Waals surface area contributed by atoms with Gasteiger partial charge in [-0.2, -0.15) is 0 Å². The predicted molar refractivity (Wildman–Crippen MR) is 88.1 cm³/mol. The highest BCUT2D eigenvalue weighted by molar-refractivity contribution is 9.10. The van der Waals surface area contributed by atoms with Gasteiger partial charge >= 0.3 is 0 Å². The topological polar surface area (TPSA) is 64.3 Å². The number of halogens is 2. The van der Waals surface area contributed by atoms with Crippen LogP contribution in [-0.4, -0.2) is 19.1 Å². The summed E-state index contributed by atoms with van der Waals surface area (Å²) >= 11 is 9.36. The van der Waals surface area contributed by atoms with Crippen molar-refractivity contribution in [3.63, 3.8) is 0 Å². The number of ether oxygens (including phenoxy) is 1. The molecule has 0 saturated heterocycles. The monoisotopic (exact) mass is 368 g/mol. The second kappa shape index (κ2) is 7.45. The van der Waals surface area contributed by atoms with Crippen LogP contribution in [0.15, 0.2) is 46.9 Å². The number of carbonyl (C=O) groups excluding carboxylic acids is 1. The molecule has 0 aliphatic rings. The lowest BCUT2D eigenvalue weighted by molar-refractivity contribution is 0.102. The summed E-state index contributed by atoms with van der Waals surface area (Å²) in [4.78, 5) is 12.2. The lowest BCUT2D eigenvalue weighted by atomic mass is 10.2. The second-order valence-electron chi connectivity index (χ2n) is 4.24. The van der Waals surface area contributed by atoms with Gasteiger partial charge in [0, 0.05) is 22.8 Å². The standard InChI is InChI=1S/C15H14BrClN2O2/c16-10-4-5-14(17)13(8-10)15(20)19-11-2-1-3-12(9-11)21-7-6-18/h1-5,8-9H,6-7,18H2,(H,19,20). The molecule has 1 amide bonds. The maximum atomic E-state index is 12.2. The van der Waals surface area contributed by atoms with E-state index in [-0.39, 0.29) is 5.91 Å². The quantitative estimate of drug-likeness (QED) is 0.845. The summed E-state index contributed by atoms with van der Waals surface area (Å²) < 4.78 is 6.21. The molecule has 0 fully saturated rings. The molecule has 0 unspecified atom stereocenters. The van der Waals surface area contributed by atoms with Crippen LogP contribution in [0.1, 0.15) is 10.4 Å². The molecule has 0 atom stereocenters. The summed E-state index contributed by atoms with van der Waals surface area (Å²) in [5.74, 6) is 0.371. The highest BCUT2D eigenvalue weighted by Gasteiger charge is 2.11. The summed E-state index contributed by atoms with van der Waals surface area (Å²) in [6.07, 6.45) is 0. The summed E-state index contributed by atoms with van der Waals surface area (Å²) in [6.45, 7) is 0.860. The van der Waals surface area contributed by atoms with E-state index >= 15 is 0 Å². The largest absolute Gasteiger partial charge is 0.492 e. The Balaban J connectivity index is 2.14. The van der Waals surface area contributed by atoms with Gasteiger partial charge in [-0.3, -0.25) is 4.79 Å². The van der Waals surface area contributed by atoms with Crippen molar-refractivity contribution in [2.75, 3.05) is 18.5 Å². The first kappa shape index (κ1) is 15.8. The molecule has 2 aromatic carbocycles. The van der Waals surface area contributed by atoms with Crippen molar-refractivity contribution in [3.05, 3.63) is 57.5 Å². The van der Waals surface area contributed by atoms with Crippen LogP contribution in [0.3, 0.4) is 0 Å². The number of hydrogen-bond donors (Lipinski definition) is 2. The van der Waals surface area contributed by atoms with Crippen molar-refractivity contribution in [2.24, 2.45) is 5.73 Å². The van der Waals surface area contributed by atoms with Crippen molar-refractivity contribution in [1.29, 1.82) is 0 Å². The number of carbonyl (C=O) groups is 1. The molecule has 3 N–H and O–H groups in total. The third kappa shape index (κ3) is 4.46. The lowest BCUT2D eigenvalue weighted by Gasteiger charge is -2.09. The number of anilines is 1. The van der Waals surface area contributed by atoms with Gasteiger partial charge < -0.3 is 15.8 Å². The molecule has 0 heterocycles. The van der Waals surface area contributed by atoms with Crippen LogP contribution in [0.4, 0.5) is 5.69 Å². The van der Waals surface area contributed by atoms with Gasteiger partial charge in [-0.15, -0.1) is 0 Å². The fraction of sp³-hybridized carbons (Fsp3) is 0.133. The molecular weight excluding hydrogens is 356 g/mol. The van der Waals surface area contributed by atoms with Crippen molar-refractivity contribution < 1.29 is 9.53 Å². The molecular formula is C15H14BrClN2O2. The summed E-state index contributed by atoms with van der Waals surface area (Å²) in [5, 5.41) is 3.18. The molecule has 6 heteroatoms. The number of benzene rings is 2. The summed E-state index contributed by atoms with van der Waals surface area (Å²) in [5.41, 5.74) is 6.42. The molecule has 21 heavy (non-hydrogen) atoms. The Morgan fingerprint density at radius 2 is 2.10 bits per heavy atom. The lowest BCUT2D eigenvalue weighted by Crippen LogP contribution is -2.13. The molecule has 110 valence electrons. The van der Waals surface area contributed by atoms with Crippen LogP contribution in [0.25, 0.3) is 0 Å². The zero-order valence-electron chi connectivity index (χ0n) is 11.1. The van der Waals surface area contributed by atoms with Gasteiger partial charge in [-0.25, -0.2) is 0 Å². The molecule has 0 aliphatic heterocycles. The minimum Gasteiger partial charge on any atom is -0.492 e. The normalized spacial score (nSPS) is 10.2. The van der Waals surface area contributed by atoms with Gasteiger partial charge in [0.2, 0.25) is 0 Å². The number of nitrogens with one attached hydrogen (secondary N) is 1. The Kier molecular flexibility index (Phi) is 5.61. The minimum absolute atomic E-state index is 0.280. The molecule has 0 radical (unpaired) electrons. The first-order valence-electron chi connectivity index (χ1n) is 6.29. The van der Waals surface area contributed by atoms with Gasteiger partial charge in [0.05, 0.1) is 10.6 Å². The Labute approximate surface area is 136 Å². The predicted octanol–water partition coefficient (Wildman–Crippen LogP) is 3.69. The van der Waals surface area contributed by atoms with Crippen LogP contribution in [-0.2, 0) is 0 Å². The van der Waals surface area contributed by atoms with E-state index in [1.807, 2.05) is 0 Å². The Bertz CT molecular complexity index is 649. The van der Waals surface area contributed by atoms with E-state index in [2.05, 4.69) is 21.2 Å². The van der Waals surface area contributed by atoms with E-state index in [0.717, 1.165) is 4.47 Å². The first-order valence-corrected chi connectivity index (χ1v) is 7.46. The molecule has 0 spiro atoms. The van der Waals surface area contributed by atoms with E-state index in [1.165, 1.54) is 0 Å². The average molecular weight is 370 g/mol. The van der Waals surface area contributed by atoms with Crippen LogP contribution >= 0.6 is 27.5 Å². The fourth-order valence-electron chi connectivity index (χ4n) is 1.71. The molecule has 4 nitrogen and oxygen atoms in total. The number of amides is 1. The van der Waals surface area contributed by atoms with Crippen molar-refractivity contribution in [3.8, 4) is 5.75 Å². The Hall–Kier alpha value is -1.56. The number of rotatable bonds is 5. The third-order valence-corrected chi connectivity index (χ3v) is 3.47. The molecule has 0 saturated carbocycles. The molecule has 0 aromatic heterocycles. The highest BCUT2D eigenvalue weighted by atomic mass is 79.9. The van der Waals surface area contributed by atoms with E-state index in [1.54, 1.807) is 42.5 Å². The van der Waals surface area contributed by atoms with Crippen molar-refractivity contribution in [1.82, 2.24) is 0 Å². The van der Waals surface area contributed by atoms with Crippen molar-refractivity contribution in [2.45, 2.75) is 0 Å². The first-order chi connectivity index (χ1) is 10.1. The summed E-state index contributed by atoms with van der Waals surface area (Å²) in [6, 6.07) is 12.2. The van der Waals surface area contributed by atoms with Gasteiger partial charge in [0.1, 0.15) is 12.4 Å². The van der Waals surface area contributed by atoms with Crippen LogP contribution in [0.5, 0.6) is 5.75 Å². The third-order valence-electron chi connectivity index (χ3n) is 2.65. The van der Waals surface area contributed by atoms with Crippen LogP contribution in [0.2, 0.25) is 5.02 Å². The minimum atomic E-state index is -0.280.